The van der Waals surface area contributed by atoms with E-state index in [1.807, 2.05) is 25.1 Å². The van der Waals surface area contributed by atoms with E-state index in [9.17, 15) is 0 Å². The summed E-state index contributed by atoms with van der Waals surface area (Å²) in [5.74, 6) is 0.922. The molecule has 0 aliphatic heterocycles. The standard InChI is InChI=1S/C17H20ClNO/c1-12-8-13(2)10-16(9-12)20-7-6-19-15-5-4-14(3)17(18)11-15/h4-5,8-11,19H,6-7H2,1-3H3. The van der Waals surface area contributed by atoms with Gasteiger partial charge < -0.3 is 10.1 Å². The maximum absolute atomic E-state index is 6.09. The molecular weight excluding hydrogens is 270 g/mol. The molecule has 20 heavy (non-hydrogen) atoms. The van der Waals surface area contributed by atoms with Crippen molar-refractivity contribution in [2.75, 3.05) is 18.5 Å². The zero-order chi connectivity index (χ0) is 14.5. The van der Waals surface area contributed by atoms with Crippen LogP contribution in [0.1, 0.15) is 16.7 Å². The molecule has 1 N–H and O–H groups in total. The highest BCUT2D eigenvalue weighted by atomic mass is 35.5. The number of hydrogen-bond acceptors (Lipinski definition) is 2. The number of halogens is 1. The lowest BCUT2D eigenvalue weighted by atomic mass is 10.1. The van der Waals surface area contributed by atoms with Gasteiger partial charge >= 0.3 is 0 Å². The Labute approximate surface area is 125 Å². The van der Waals surface area contributed by atoms with E-state index in [0.29, 0.717) is 6.61 Å². The van der Waals surface area contributed by atoms with Crippen LogP contribution in [-0.4, -0.2) is 13.2 Å². The molecule has 0 aliphatic rings. The molecule has 0 unspecified atom stereocenters. The van der Waals surface area contributed by atoms with Gasteiger partial charge in [0.25, 0.3) is 0 Å². The van der Waals surface area contributed by atoms with E-state index in [4.69, 9.17) is 16.3 Å². The molecule has 2 aromatic carbocycles. The summed E-state index contributed by atoms with van der Waals surface area (Å²) in [7, 11) is 0. The molecule has 0 heterocycles. The first-order valence-electron chi connectivity index (χ1n) is 6.76. The molecule has 0 amide bonds. The van der Waals surface area contributed by atoms with Crippen molar-refractivity contribution in [3.8, 4) is 5.75 Å². The molecule has 0 aromatic heterocycles. The summed E-state index contributed by atoms with van der Waals surface area (Å²) < 4.78 is 5.75. The van der Waals surface area contributed by atoms with Crippen LogP contribution >= 0.6 is 11.6 Å². The molecule has 0 saturated carbocycles. The largest absolute Gasteiger partial charge is 0.492 e. The van der Waals surface area contributed by atoms with Gasteiger partial charge in [-0.2, -0.15) is 0 Å². The van der Waals surface area contributed by atoms with Crippen molar-refractivity contribution in [2.45, 2.75) is 20.8 Å². The van der Waals surface area contributed by atoms with Crippen molar-refractivity contribution in [2.24, 2.45) is 0 Å². The van der Waals surface area contributed by atoms with Gasteiger partial charge in [0.1, 0.15) is 12.4 Å². The van der Waals surface area contributed by atoms with Gasteiger partial charge in [0.2, 0.25) is 0 Å². The van der Waals surface area contributed by atoms with E-state index in [-0.39, 0.29) is 0 Å². The van der Waals surface area contributed by atoms with Crippen molar-refractivity contribution in [3.05, 3.63) is 58.1 Å². The molecule has 2 aromatic rings. The van der Waals surface area contributed by atoms with Gasteiger partial charge in [-0.15, -0.1) is 0 Å². The van der Waals surface area contributed by atoms with Gasteiger partial charge in [0.05, 0.1) is 0 Å². The fraction of sp³-hybridized carbons (Fsp3) is 0.294. The third kappa shape index (κ3) is 4.17. The van der Waals surface area contributed by atoms with Crippen molar-refractivity contribution in [1.29, 1.82) is 0 Å². The van der Waals surface area contributed by atoms with Crippen LogP contribution in [0.15, 0.2) is 36.4 Å². The Morgan fingerprint density at radius 3 is 2.35 bits per heavy atom. The summed E-state index contributed by atoms with van der Waals surface area (Å²) in [5, 5.41) is 4.09. The molecule has 106 valence electrons. The third-order valence-electron chi connectivity index (χ3n) is 3.07. The lowest BCUT2D eigenvalue weighted by molar-refractivity contribution is 0.332. The smallest absolute Gasteiger partial charge is 0.119 e. The van der Waals surface area contributed by atoms with E-state index < -0.39 is 0 Å². The maximum atomic E-state index is 6.09. The monoisotopic (exact) mass is 289 g/mol. The Balaban J connectivity index is 1.82. The predicted molar refractivity (Wildman–Crippen MR) is 86.1 cm³/mol. The number of aryl methyl sites for hydroxylation is 3. The van der Waals surface area contributed by atoms with Crippen LogP contribution in [0, 0.1) is 20.8 Å². The summed E-state index contributed by atoms with van der Waals surface area (Å²) in [6, 6.07) is 12.2. The molecule has 0 saturated heterocycles. The molecule has 2 rings (SSSR count). The molecule has 0 aliphatic carbocycles. The zero-order valence-corrected chi connectivity index (χ0v) is 12.9. The van der Waals surface area contributed by atoms with Gasteiger partial charge in [-0.3, -0.25) is 0 Å². The average molecular weight is 290 g/mol. The average Bonchev–Trinajstić information content (AvgIpc) is 2.38. The van der Waals surface area contributed by atoms with Gasteiger partial charge in [-0.1, -0.05) is 23.7 Å². The topological polar surface area (TPSA) is 21.3 Å². The molecule has 2 nitrogen and oxygen atoms in total. The first kappa shape index (κ1) is 14.7. The summed E-state index contributed by atoms with van der Waals surface area (Å²) >= 11 is 6.09. The highest BCUT2D eigenvalue weighted by molar-refractivity contribution is 6.31. The van der Waals surface area contributed by atoms with Crippen molar-refractivity contribution in [3.63, 3.8) is 0 Å². The van der Waals surface area contributed by atoms with Crippen LogP contribution in [0.5, 0.6) is 5.75 Å². The van der Waals surface area contributed by atoms with Crippen LogP contribution in [0.25, 0.3) is 0 Å². The number of hydrogen-bond donors (Lipinski definition) is 1. The zero-order valence-electron chi connectivity index (χ0n) is 12.2. The van der Waals surface area contributed by atoms with E-state index >= 15 is 0 Å². The Bertz CT molecular complexity index is 575. The van der Waals surface area contributed by atoms with Crippen LogP contribution in [0.3, 0.4) is 0 Å². The van der Waals surface area contributed by atoms with E-state index in [0.717, 1.165) is 28.6 Å². The molecule has 0 bridgehead atoms. The maximum Gasteiger partial charge on any atom is 0.119 e. The van der Waals surface area contributed by atoms with Crippen LogP contribution in [-0.2, 0) is 0 Å². The van der Waals surface area contributed by atoms with Gasteiger partial charge in [0.15, 0.2) is 0 Å². The SMILES string of the molecule is Cc1cc(C)cc(OCCNc2ccc(C)c(Cl)c2)c1. The normalized spacial score (nSPS) is 10.4. The molecule has 0 fully saturated rings. The summed E-state index contributed by atoms with van der Waals surface area (Å²) in [6.45, 7) is 7.51. The second-order valence-corrected chi connectivity index (χ2v) is 5.47. The second-order valence-electron chi connectivity index (χ2n) is 5.06. The first-order valence-corrected chi connectivity index (χ1v) is 7.13. The minimum Gasteiger partial charge on any atom is -0.492 e. The third-order valence-corrected chi connectivity index (χ3v) is 3.47. The van der Waals surface area contributed by atoms with E-state index in [2.05, 4.69) is 37.4 Å². The minimum atomic E-state index is 0.619. The minimum absolute atomic E-state index is 0.619. The Morgan fingerprint density at radius 1 is 1.00 bits per heavy atom. The first-order chi connectivity index (χ1) is 9.54. The van der Waals surface area contributed by atoms with Crippen molar-refractivity contribution >= 4 is 17.3 Å². The fourth-order valence-corrected chi connectivity index (χ4v) is 2.26. The Morgan fingerprint density at radius 2 is 1.70 bits per heavy atom. The summed E-state index contributed by atoms with van der Waals surface area (Å²) in [6.07, 6.45) is 0. The highest BCUT2D eigenvalue weighted by Crippen LogP contribution is 2.20. The number of benzene rings is 2. The lowest BCUT2D eigenvalue weighted by Crippen LogP contribution is -2.11. The Hall–Kier alpha value is -1.67. The molecule has 0 radical (unpaired) electrons. The lowest BCUT2D eigenvalue weighted by Gasteiger charge is -2.10. The quantitative estimate of drug-likeness (QED) is 0.802. The van der Waals surface area contributed by atoms with Crippen LogP contribution in [0.4, 0.5) is 5.69 Å². The number of nitrogens with one attached hydrogen (secondary N) is 1. The van der Waals surface area contributed by atoms with Gasteiger partial charge in [0, 0.05) is 17.3 Å². The van der Waals surface area contributed by atoms with Crippen LogP contribution in [0.2, 0.25) is 5.02 Å². The highest BCUT2D eigenvalue weighted by Gasteiger charge is 1.99. The summed E-state index contributed by atoms with van der Waals surface area (Å²) in [4.78, 5) is 0. The predicted octanol–water partition coefficient (Wildman–Crippen LogP) is 4.76. The number of ether oxygens (including phenoxy) is 1. The molecule has 0 atom stereocenters. The molecule has 3 heteroatoms. The van der Waals surface area contributed by atoms with E-state index in [1.54, 1.807) is 0 Å². The fourth-order valence-electron chi connectivity index (χ4n) is 2.08. The number of anilines is 1. The van der Waals surface area contributed by atoms with Gasteiger partial charge in [-0.25, -0.2) is 0 Å². The Kier molecular flexibility index (Phi) is 4.91. The molecular formula is C17H20ClNO. The van der Waals surface area contributed by atoms with Crippen LogP contribution < -0.4 is 10.1 Å². The van der Waals surface area contributed by atoms with E-state index in [1.165, 1.54) is 11.1 Å². The molecule has 0 spiro atoms. The second kappa shape index (κ2) is 6.67. The number of rotatable bonds is 5. The van der Waals surface area contributed by atoms with Crippen molar-refractivity contribution < 1.29 is 4.74 Å². The summed E-state index contributed by atoms with van der Waals surface area (Å²) in [5.41, 5.74) is 4.55. The van der Waals surface area contributed by atoms with Crippen molar-refractivity contribution in [1.82, 2.24) is 0 Å². The van der Waals surface area contributed by atoms with Gasteiger partial charge in [-0.05, 0) is 61.7 Å².